The van der Waals surface area contributed by atoms with Crippen LogP contribution in [-0.2, 0) is 13.1 Å². The third-order valence-corrected chi connectivity index (χ3v) is 4.57. The number of aliphatic imine (C=N–C) groups is 1. The van der Waals surface area contributed by atoms with E-state index in [-0.39, 0.29) is 0 Å². The molecule has 0 unspecified atom stereocenters. The molecule has 0 spiro atoms. The summed E-state index contributed by atoms with van der Waals surface area (Å²) in [6, 6.07) is 17.8. The Morgan fingerprint density at radius 2 is 1.69 bits per heavy atom. The summed E-state index contributed by atoms with van der Waals surface area (Å²) in [6.45, 7) is 3.41. The standard InChI is InChI=1S/C20H22N4OS/c1-15-12-22-19(26-15)14-24-20(21-2)23-13-16-8-10-18(11-9-16)25-17-6-4-3-5-7-17/h3-12H,13-14H2,1-2H3,(H2,21,23,24). The van der Waals surface area contributed by atoms with Gasteiger partial charge >= 0.3 is 0 Å². The Bertz CT molecular complexity index is 844. The van der Waals surface area contributed by atoms with E-state index in [1.807, 2.05) is 60.8 Å². The Hall–Kier alpha value is -2.86. The Balaban J connectivity index is 1.48. The number of rotatable bonds is 6. The fourth-order valence-corrected chi connectivity index (χ4v) is 3.08. The molecule has 1 aromatic heterocycles. The molecule has 6 heteroatoms. The average Bonchev–Trinajstić information content (AvgIpc) is 3.09. The van der Waals surface area contributed by atoms with Gasteiger partial charge in [-0.3, -0.25) is 4.99 Å². The maximum absolute atomic E-state index is 5.81. The number of thiazole rings is 1. The average molecular weight is 366 g/mol. The molecule has 2 N–H and O–H groups in total. The molecule has 0 aliphatic rings. The SMILES string of the molecule is CN=C(NCc1ccc(Oc2ccccc2)cc1)NCc1ncc(C)s1. The van der Waals surface area contributed by atoms with Gasteiger partial charge in [0.1, 0.15) is 16.5 Å². The number of para-hydroxylation sites is 1. The van der Waals surface area contributed by atoms with Gasteiger partial charge in [0.05, 0.1) is 6.54 Å². The predicted octanol–water partition coefficient (Wildman–Crippen LogP) is 4.11. The highest BCUT2D eigenvalue weighted by molar-refractivity contribution is 7.11. The minimum absolute atomic E-state index is 0.669. The van der Waals surface area contributed by atoms with Crippen molar-refractivity contribution in [2.45, 2.75) is 20.0 Å². The van der Waals surface area contributed by atoms with Crippen LogP contribution in [0.3, 0.4) is 0 Å². The van der Waals surface area contributed by atoms with Gasteiger partial charge in [0.2, 0.25) is 0 Å². The molecule has 134 valence electrons. The highest BCUT2D eigenvalue weighted by Gasteiger charge is 2.02. The molecule has 0 amide bonds. The van der Waals surface area contributed by atoms with Crippen LogP contribution in [0.15, 0.2) is 65.8 Å². The van der Waals surface area contributed by atoms with Crippen molar-refractivity contribution in [1.29, 1.82) is 0 Å². The summed E-state index contributed by atoms with van der Waals surface area (Å²) in [5.41, 5.74) is 1.15. The quantitative estimate of drug-likeness (QED) is 0.509. The summed E-state index contributed by atoms with van der Waals surface area (Å²) < 4.78 is 5.81. The van der Waals surface area contributed by atoms with Crippen molar-refractivity contribution in [3.63, 3.8) is 0 Å². The van der Waals surface area contributed by atoms with Gasteiger partial charge in [-0.1, -0.05) is 30.3 Å². The molecule has 0 fully saturated rings. The zero-order valence-corrected chi connectivity index (χ0v) is 15.7. The van der Waals surface area contributed by atoms with Gasteiger partial charge in [0, 0.05) is 24.7 Å². The number of aromatic nitrogens is 1. The van der Waals surface area contributed by atoms with E-state index < -0.39 is 0 Å². The number of aryl methyl sites for hydroxylation is 1. The van der Waals surface area contributed by atoms with Crippen molar-refractivity contribution in [3.8, 4) is 11.5 Å². The van der Waals surface area contributed by atoms with Crippen LogP contribution in [0.2, 0.25) is 0 Å². The van der Waals surface area contributed by atoms with E-state index in [2.05, 4.69) is 27.5 Å². The van der Waals surface area contributed by atoms with Gasteiger partial charge in [-0.15, -0.1) is 11.3 Å². The van der Waals surface area contributed by atoms with Gasteiger partial charge in [-0.05, 0) is 36.8 Å². The number of guanidine groups is 1. The molecule has 2 aromatic carbocycles. The topological polar surface area (TPSA) is 58.5 Å². The number of nitrogens with one attached hydrogen (secondary N) is 2. The third kappa shape index (κ3) is 5.32. The lowest BCUT2D eigenvalue weighted by molar-refractivity contribution is 0.482. The number of nitrogens with zero attached hydrogens (tertiary/aromatic N) is 2. The maximum Gasteiger partial charge on any atom is 0.191 e. The van der Waals surface area contributed by atoms with Crippen LogP contribution >= 0.6 is 11.3 Å². The predicted molar refractivity (Wildman–Crippen MR) is 107 cm³/mol. The van der Waals surface area contributed by atoms with E-state index in [1.165, 1.54) is 4.88 Å². The van der Waals surface area contributed by atoms with Crippen molar-refractivity contribution in [1.82, 2.24) is 15.6 Å². The second-order valence-electron chi connectivity index (χ2n) is 5.70. The fraction of sp³-hybridized carbons (Fsp3) is 0.200. The second kappa shape index (κ2) is 9.01. The first-order valence-electron chi connectivity index (χ1n) is 8.40. The molecule has 1 heterocycles. The maximum atomic E-state index is 5.81. The lowest BCUT2D eigenvalue weighted by Crippen LogP contribution is -2.36. The first kappa shape index (κ1) is 17.9. The Kier molecular flexibility index (Phi) is 6.22. The zero-order valence-electron chi connectivity index (χ0n) is 14.9. The van der Waals surface area contributed by atoms with Crippen LogP contribution in [0, 0.1) is 6.92 Å². The van der Waals surface area contributed by atoms with Gasteiger partial charge in [0.25, 0.3) is 0 Å². The zero-order chi connectivity index (χ0) is 18.2. The van der Waals surface area contributed by atoms with Crippen LogP contribution in [0.25, 0.3) is 0 Å². The molecule has 0 radical (unpaired) electrons. The lowest BCUT2D eigenvalue weighted by Gasteiger charge is -2.11. The van der Waals surface area contributed by atoms with E-state index in [4.69, 9.17) is 4.74 Å². The van der Waals surface area contributed by atoms with Crippen molar-refractivity contribution in [2.75, 3.05) is 7.05 Å². The smallest absolute Gasteiger partial charge is 0.191 e. The summed E-state index contributed by atoms with van der Waals surface area (Å²) in [7, 11) is 1.76. The van der Waals surface area contributed by atoms with Gasteiger partial charge in [-0.2, -0.15) is 0 Å². The highest BCUT2D eigenvalue weighted by atomic mass is 32.1. The van der Waals surface area contributed by atoms with Crippen molar-refractivity contribution in [2.24, 2.45) is 4.99 Å². The minimum Gasteiger partial charge on any atom is -0.457 e. The molecular formula is C20H22N4OS. The Morgan fingerprint density at radius 1 is 1.00 bits per heavy atom. The van der Waals surface area contributed by atoms with Gasteiger partial charge in [-0.25, -0.2) is 4.98 Å². The van der Waals surface area contributed by atoms with Gasteiger partial charge < -0.3 is 15.4 Å². The Labute approximate surface area is 157 Å². The van der Waals surface area contributed by atoms with E-state index in [9.17, 15) is 0 Å². The van der Waals surface area contributed by atoms with Gasteiger partial charge in [0.15, 0.2) is 5.96 Å². The first-order chi connectivity index (χ1) is 12.7. The van der Waals surface area contributed by atoms with Crippen LogP contribution in [0.1, 0.15) is 15.4 Å². The van der Waals surface area contributed by atoms with Crippen LogP contribution < -0.4 is 15.4 Å². The number of ether oxygens (including phenoxy) is 1. The normalized spacial score (nSPS) is 11.2. The molecule has 0 atom stereocenters. The molecule has 5 nitrogen and oxygen atoms in total. The molecular weight excluding hydrogens is 344 g/mol. The molecule has 0 aliphatic heterocycles. The summed E-state index contributed by atoms with van der Waals surface area (Å²) in [5.74, 6) is 2.41. The lowest BCUT2D eigenvalue weighted by atomic mass is 10.2. The number of hydrogen-bond donors (Lipinski definition) is 2. The molecule has 0 bridgehead atoms. The number of benzene rings is 2. The molecule has 0 saturated carbocycles. The first-order valence-corrected chi connectivity index (χ1v) is 9.22. The highest BCUT2D eigenvalue weighted by Crippen LogP contribution is 2.21. The molecule has 26 heavy (non-hydrogen) atoms. The monoisotopic (exact) mass is 366 g/mol. The van der Waals surface area contributed by atoms with Crippen LogP contribution in [0.4, 0.5) is 0 Å². The van der Waals surface area contributed by atoms with Crippen molar-refractivity contribution in [3.05, 3.63) is 76.2 Å². The summed E-state index contributed by atoms with van der Waals surface area (Å²) >= 11 is 1.69. The molecule has 3 aromatic rings. The fourth-order valence-electron chi connectivity index (χ4n) is 2.35. The molecule has 0 saturated heterocycles. The largest absolute Gasteiger partial charge is 0.457 e. The van der Waals surface area contributed by atoms with Crippen LogP contribution in [-0.4, -0.2) is 18.0 Å². The van der Waals surface area contributed by atoms with E-state index in [0.717, 1.165) is 28.0 Å². The molecule has 3 rings (SSSR count). The Morgan fingerprint density at radius 3 is 2.35 bits per heavy atom. The summed E-state index contributed by atoms with van der Waals surface area (Å²) in [6.07, 6.45) is 1.89. The van der Waals surface area contributed by atoms with Crippen LogP contribution in [0.5, 0.6) is 11.5 Å². The second-order valence-corrected chi connectivity index (χ2v) is 7.02. The number of hydrogen-bond acceptors (Lipinski definition) is 4. The summed E-state index contributed by atoms with van der Waals surface area (Å²) in [4.78, 5) is 9.80. The minimum atomic E-state index is 0.669. The van der Waals surface area contributed by atoms with E-state index in [0.29, 0.717) is 13.1 Å². The van der Waals surface area contributed by atoms with Crippen molar-refractivity contribution < 1.29 is 4.74 Å². The molecule has 0 aliphatic carbocycles. The van der Waals surface area contributed by atoms with E-state index in [1.54, 1.807) is 18.4 Å². The summed E-state index contributed by atoms with van der Waals surface area (Å²) in [5, 5.41) is 7.63. The van der Waals surface area contributed by atoms with E-state index >= 15 is 0 Å². The third-order valence-electron chi connectivity index (χ3n) is 3.66. The van der Waals surface area contributed by atoms with Crippen molar-refractivity contribution >= 4 is 17.3 Å².